The molecule has 7 nitrogen and oxygen atoms in total. The summed E-state index contributed by atoms with van der Waals surface area (Å²) in [6.45, 7) is 3.07. The van der Waals surface area contributed by atoms with Gasteiger partial charge in [-0.2, -0.15) is 4.31 Å². The van der Waals surface area contributed by atoms with Crippen molar-refractivity contribution in [2.75, 3.05) is 26.2 Å². The SMILES string of the molecule is Cc1ccccc1C1c2ccsc2CCN1C(=O)CN(CC1CCCO1)S(=O)(=O)c1cccc2cccnc12. The number of para-hydroxylation sites is 1. The van der Waals surface area contributed by atoms with Crippen molar-refractivity contribution in [3.8, 4) is 0 Å². The minimum atomic E-state index is -4.04. The van der Waals surface area contributed by atoms with Crippen LogP contribution in [0.3, 0.4) is 0 Å². The van der Waals surface area contributed by atoms with E-state index in [0.29, 0.717) is 18.7 Å². The molecule has 1 fully saturated rings. The van der Waals surface area contributed by atoms with Crippen LogP contribution in [-0.2, 0) is 26.0 Å². The minimum absolute atomic E-state index is 0.112. The summed E-state index contributed by atoms with van der Waals surface area (Å²) in [7, 11) is -4.04. The van der Waals surface area contributed by atoms with E-state index in [1.807, 2.05) is 29.2 Å². The van der Waals surface area contributed by atoms with Gasteiger partial charge < -0.3 is 9.64 Å². The lowest BCUT2D eigenvalue weighted by Gasteiger charge is -2.38. The second kappa shape index (κ2) is 10.8. The summed E-state index contributed by atoms with van der Waals surface area (Å²) in [5, 5.41) is 2.81. The number of carbonyl (C=O) groups is 1. The fourth-order valence-corrected chi connectivity index (χ4v) is 8.23. The number of aryl methyl sites for hydroxylation is 1. The van der Waals surface area contributed by atoms with Crippen LogP contribution in [-0.4, -0.2) is 60.9 Å². The van der Waals surface area contributed by atoms with E-state index in [1.54, 1.807) is 35.7 Å². The highest BCUT2D eigenvalue weighted by molar-refractivity contribution is 7.89. The Balaban J connectivity index is 1.37. The Morgan fingerprint density at radius 2 is 1.95 bits per heavy atom. The van der Waals surface area contributed by atoms with E-state index in [2.05, 4.69) is 35.5 Å². The molecule has 2 aromatic carbocycles. The minimum Gasteiger partial charge on any atom is -0.377 e. The monoisotopic (exact) mass is 561 g/mol. The number of amides is 1. The number of sulfonamides is 1. The van der Waals surface area contributed by atoms with Crippen molar-refractivity contribution >= 4 is 38.2 Å². The lowest BCUT2D eigenvalue weighted by Crippen LogP contribution is -2.48. The van der Waals surface area contributed by atoms with Crippen LogP contribution in [0.4, 0.5) is 0 Å². The first-order valence-corrected chi connectivity index (χ1v) is 15.6. The van der Waals surface area contributed by atoms with Gasteiger partial charge in [-0.05, 0) is 66.5 Å². The molecule has 6 rings (SSSR count). The molecule has 2 aliphatic heterocycles. The van der Waals surface area contributed by atoms with Crippen LogP contribution in [0.1, 0.15) is 40.5 Å². The number of ether oxygens (including phenoxy) is 1. The van der Waals surface area contributed by atoms with Gasteiger partial charge in [0.05, 0.1) is 24.2 Å². The molecule has 2 unspecified atom stereocenters. The Morgan fingerprint density at radius 3 is 2.77 bits per heavy atom. The maximum absolute atomic E-state index is 14.2. The number of carbonyl (C=O) groups excluding carboxylic acids is 1. The van der Waals surface area contributed by atoms with Gasteiger partial charge in [-0.25, -0.2) is 8.42 Å². The molecule has 0 aliphatic carbocycles. The number of thiophene rings is 1. The molecule has 2 aliphatic rings. The van der Waals surface area contributed by atoms with Crippen LogP contribution in [0, 0.1) is 6.92 Å². The van der Waals surface area contributed by atoms with Crippen molar-refractivity contribution in [2.45, 2.75) is 43.2 Å². The predicted molar refractivity (Wildman–Crippen MR) is 152 cm³/mol. The van der Waals surface area contributed by atoms with Crippen molar-refractivity contribution in [1.29, 1.82) is 0 Å². The van der Waals surface area contributed by atoms with Crippen LogP contribution in [0.25, 0.3) is 10.9 Å². The quantitative estimate of drug-likeness (QED) is 0.319. The summed E-state index contributed by atoms with van der Waals surface area (Å²) in [5.41, 5.74) is 3.70. The second-order valence-electron chi connectivity index (χ2n) is 10.2. The molecular weight excluding hydrogens is 530 g/mol. The lowest BCUT2D eigenvalue weighted by molar-refractivity contribution is -0.133. The molecular formula is C30H31N3O4S2. The Bertz CT molecular complexity index is 1610. The first kappa shape index (κ1) is 26.1. The van der Waals surface area contributed by atoms with Gasteiger partial charge in [0.25, 0.3) is 0 Å². The zero-order chi connectivity index (χ0) is 27.0. The number of nitrogens with zero attached hydrogens (tertiary/aromatic N) is 3. The average Bonchev–Trinajstić information content (AvgIpc) is 3.64. The molecule has 4 heterocycles. The van der Waals surface area contributed by atoms with Gasteiger partial charge in [-0.15, -0.1) is 11.3 Å². The summed E-state index contributed by atoms with van der Waals surface area (Å²) in [4.78, 5) is 21.7. The Labute approximate surface area is 233 Å². The van der Waals surface area contributed by atoms with Crippen LogP contribution in [0.2, 0.25) is 0 Å². The molecule has 0 N–H and O–H groups in total. The largest absolute Gasteiger partial charge is 0.377 e. The van der Waals surface area contributed by atoms with Crippen LogP contribution in [0.5, 0.6) is 0 Å². The van der Waals surface area contributed by atoms with Gasteiger partial charge >= 0.3 is 0 Å². The Hall–Kier alpha value is -3.11. The number of pyridine rings is 1. The maximum atomic E-state index is 14.2. The van der Waals surface area contributed by atoms with Crippen molar-refractivity contribution in [1.82, 2.24) is 14.2 Å². The molecule has 0 spiro atoms. The highest BCUT2D eigenvalue weighted by atomic mass is 32.2. The molecule has 2 atom stereocenters. The van der Waals surface area contributed by atoms with E-state index < -0.39 is 10.0 Å². The fourth-order valence-electron chi connectivity index (χ4n) is 5.74. The van der Waals surface area contributed by atoms with Crippen LogP contribution < -0.4 is 0 Å². The van der Waals surface area contributed by atoms with Gasteiger partial charge in [0.15, 0.2) is 0 Å². The third kappa shape index (κ3) is 5.00. The fraction of sp³-hybridized carbons (Fsp3) is 0.333. The Morgan fingerprint density at radius 1 is 1.10 bits per heavy atom. The summed E-state index contributed by atoms with van der Waals surface area (Å²) >= 11 is 1.71. The van der Waals surface area contributed by atoms with Gasteiger partial charge in [0, 0.05) is 36.2 Å². The highest BCUT2D eigenvalue weighted by Crippen LogP contribution is 2.39. The first-order valence-electron chi connectivity index (χ1n) is 13.3. The van der Waals surface area contributed by atoms with E-state index in [4.69, 9.17) is 4.74 Å². The Kier molecular flexibility index (Phi) is 7.24. The maximum Gasteiger partial charge on any atom is 0.245 e. The molecule has 1 saturated heterocycles. The van der Waals surface area contributed by atoms with Gasteiger partial charge in [-0.1, -0.05) is 42.5 Å². The van der Waals surface area contributed by atoms with Gasteiger partial charge in [-0.3, -0.25) is 9.78 Å². The summed E-state index contributed by atoms with van der Waals surface area (Å²) in [6.07, 6.45) is 3.75. The molecule has 9 heteroatoms. The number of hydrogen-bond acceptors (Lipinski definition) is 6. The molecule has 1 amide bonds. The summed E-state index contributed by atoms with van der Waals surface area (Å²) in [6, 6.07) is 18.7. The lowest BCUT2D eigenvalue weighted by atomic mass is 9.90. The molecule has 2 aromatic heterocycles. The molecule has 202 valence electrons. The molecule has 0 radical (unpaired) electrons. The third-order valence-electron chi connectivity index (χ3n) is 7.73. The molecule has 0 bridgehead atoms. The molecule has 0 saturated carbocycles. The third-order valence-corrected chi connectivity index (χ3v) is 10.6. The normalized spacial score (nSPS) is 19.5. The molecule has 39 heavy (non-hydrogen) atoms. The van der Waals surface area contributed by atoms with Crippen LogP contribution >= 0.6 is 11.3 Å². The molecule has 4 aromatic rings. The highest BCUT2D eigenvalue weighted by Gasteiger charge is 2.37. The van der Waals surface area contributed by atoms with Crippen molar-refractivity contribution in [3.63, 3.8) is 0 Å². The van der Waals surface area contributed by atoms with E-state index in [0.717, 1.165) is 41.3 Å². The summed E-state index contributed by atoms with van der Waals surface area (Å²) in [5.74, 6) is -0.213. The zero-order valence-electron chi connectivity index (χ0n) is 21.8. The van der Waals surface area contributed by atoms with E-state index in [9.17, 15) is 13.2 Å². The van der Waals surface area contributed by atoms with Crippen molar-refractivity contribution < 1.29 is 17.9 Å². The van der Waals surface area contributed by atoms with Gasteiger partial charge in [0.1, 0.15) is 4.90 Å². The number of benzene rings is 2. The predicted octanol–water partition coefficient (Wildman–Crippen LogP) is 4.95. The smallest absolute Gasteiger partial charge is 0.245 e. The topological polar surface area (TPSA) is 79.8 Å². The zero-order valence-corrected chi connectivity index (χ0v) is 23.5. The second-order valence-corrected chi connectivity index (χ2v) is 13.1. The number of rotatable bonds is 7. The van der Waals surface area contributed by atoms with E-state index in [-0.39, 0.29) is 36.0 Å². The van der Waals surface area contributed by atoms with Crippen LogP contribution in [0.15, 0.2) is 77.1 Å². The van der Waals surface area contributed by atoms with Crippen molar-refractivity contribution in [2.24, 2.45) is 0 Å². The number of aromatic nitrogens is 1. The van der Waals surface area contributed by atoms with E-state index in [1.165, 1.54) is 9.18 Å². The number of hydrogen-bond donors (Lipinski definition) is 0. The van der Waals surface area contributed by atoms with E-state index >= 15 is 0 Å². The van der Waals surface area contributed by atoms with Gasteiger partial charge in [0.2, 0.25) is 15.9 Å². The standard InChI is InChI=1S/C30H31N3O4S2/c1-21-7-2-3-11-24(21)30-25-14-18-38-26(25)13-16-33(30)28(34)20-32(19-23-10-6-17-37-23)39(35,36)27-12-4-8-22-9-5-15-31-29(22)27/h2-5,7-9,11-12,14-15,18,23,30H,6,10,13,16-17,19-20H2,1H3. The average molecular weight is 562 g/mol. The van der Waals surface area contributed by atoms with Crippen molar-refractivity contribution in [3.05, 3.63) is 93.8 Å². The number of fused-ring (bicyclic) bond motifs is 2. The first-order chi connectivity index (χ1) is 18.9. The summed E-state index contributed by atoms with van der Waals surface area (Å²) < 4.78 is 35.5.